The summed E-state index contributed by atoms with van der Waals surface area (Å²) >= 11 is 3.62. The highest BCUT2D eigenvalue weighted by Gasteiger charge is 2.23. The molecule has 11 heteroatoms. The molecule has 1 aromatic carbocycles. The van der Waals surface area contributed by atoms with E-state index in [4.69, 9.17) is 15.0 Å². The van der Waals surface area contributed by atoms with Gasteiger partial charge in [0.1, 0.15) is 17.2 Å². The molecule has 2 N–H and O–H groups in total. The third-order valence-corrected chi connectivity index (χ3v) is 7.84. The van der Waals surface area contributed by atoms with Crippen molar-refractivity contribution in [3.05, 3.63) is 34.7 Å². The van der Waals surface area contributed by atoms with Crippen molar-refractivity contribution in [2.45, 2.75) is 18.9 Å². The summed E-state index contributed by atoms with van der Waals surface area (Å²) in [6.45, 7) is 7.21. The first-order valence-electron chi connectivity index (χ1n) is 12.7. The van der Waals surface area contributed by atoms with Crippen LogP contribution in [0.3, 0.4) is 0 Å². The lowest BCUT2D eigenvalue weighted by atomic mass is 10.0. The van der Waals surface area contributed by atoms with E-state index in [2.05, 4.69) is 52.0 Å². The second kappa shape index (κ2) is 11.7. The number of hydrogen-bond donors (Lipinski definition) is 2. The van der Waals surface area contributed by atoms with Crippen LogP contribution in [0.4, 0.5) is 15.8 Å². The van der Waals surface area contributed by atoms with Crippen molar-refractivity contribution in [1.29, 1.82) is 5.26 Å². The van der Waals surface area contributed by atoms with E-state index in [0.29, 0.717) is 35.9 Å². The van der Waals surface area contributed by atoms with E-state index in [-0.39, 0.29) is 11.9 Å². The molecule has 0 amide bonds. The van der Waals surface area contributed by atoms with Crippen LogP contribution in [-0.2, 0) is 4.74 Å². The lowest BCUT2D eigenvalue weighted by Crippen LogP contribution is -2.47. The molecule has 2 fully saturated rings. The number of aromatic nitrogens is 3. The SMILES string of the molecule is COCCN1CCN(c2ccc(-c3nc4c(NC5CCN(CC#N)CC5)c(Br)cnc4[nH]3)cc2F)CC1. The van der Waals surface area contributed by atoms with Gasteiger partial charge in [-0.15, -0.1) is 0 Å². The van der Waals surface area contributed by atoms with Crippen LogP contribution in [0.25, 0.3) is 22.6 Å². The number of fused-ring (bicyclic) bond motifs is 1. The minimum atomic E-state index is -0.250. The highest BCUT2D eigenvalue weighted by Crippen LogP contribution is 2.33. The van der Waals surface area contributed by atoms with Crippen LogP contribution in [0.2, 0.25) is 0 Å². The Labute approximate surface area is 224 Å². The number of halogens is 2. The molecule has 2 saturated heterocycles. The molecule has 0 saturated carbocycles. The van der Waals surface area contributed by atoms with Crippen LogP contribution in [0.15, 0.2) is 28.9 Å². The zero-order chi connectivity index (χ0) is 25.8. The number of piperazine rings is 1. The lowest BCUT2D eigenvalue weighted by Gasteiger charge is -2.36. The standard InChI is InChI=1S/C26H32BrFN8O/c1-37-15-14-35-10-12-36(13-11-35)22-3-2-18(16-21(22)28)25-32-24-23(20(27)17-30-26(24)33-25)31-19-4-7-34(8-5-19)9-6-29/h2-3,16-17,19H,4-5,7-15H2,1H3,(H2,30,31,32,33). The predicted octanol–water partition coefficient (Wildman–Crippen LogP) is 3.69. The van der Waals surface area contributed by atoms with Crippen LogP contribution >= 0.6 is 15.9 Å². The molecule has 9 nitrogen and oxygen atoms in total. The van der Waals surface area contributed by atoms with Gasteiger partial charge in [0.15, 0.2) is 5.65 Å². The number of methoxy groups -OCH3 is 1. The fraction of sp³-hybridized carbons (Fsp3) is 0.500. The molecule has 0 atom stereocenters. The molecule has 0 aliphatic carbocycles. The van der Waals surface area contributed by atoms with Gasteiger partial charge in [-0.1, -0.05) is 0 Å². The number of nitrogens with one attached hydrogen (secondary N) is 2. The summed E-state index contributed by atoms with van der Waals surface area (Å²) in [6.07, 6.45) is 3.65. The average molecular weight is 571 g/mol. The second-order valence-electron chi connectivity index (χ2n) is 9.60. The van der Waals surface area contributed by atoms with Gasteiger partial charge in [0.25, 0.3) is 0 Å². The third-order valence-electron chi connectivity index (χ3n) is 7.24. The van der Waals surface area contributed by atoms with Crippen molar-refractivity contribution >= 4 is 38.5 Å². The molecule has 0 unspecified atom stereocenters. The molecule has 37 heavy (non-hydrogen) atoms. The molecule has 2 aliphatic rings. The van der Waals surface area contributed by atoms with E-state index < -0.39 is 0 Å². The van der Waals surface area contributed by atoms with Crippen LogP contribution < -0.4 is 10.2 Å². The van der Waals surface area contributed by atoms with Gasteiger partial charge in [-0.05, 0) is 47.0 Å². The number of nitriles is 1. The van der Waals surface area contributed by atoms with E-state index in [9.17, 15) is 0 Å². The van der Waals surface area contributed by atoms with Gasteiger partial charge in [-0.25, -0.2) is 14.4 Å². The first-order valence-corrected chi connectivity index (χ1v) is 13.5. The van der Waals surface area contributed by atoms with Gasteiger partial charge in [-0.2, -0.15) is 5.26 Å². The minimum absolute atomic E-state index is 0.250. The molecule has 4 heterocycles. The Kier molecular flexibility index (Phi) is 8.20. The molecule has 196 valence electrons. The van der Waals surface area contributed by atoms with Crippen LogP contribution in [0.5, 0.6) is 0 Å². The summed E-state index contributed by atoms with van der Waals surface area (Å²) in [6, 6.07) is 7.83. The largest absolute Gasteiger partial charge is 0.383 e. The smallest absolute Gasteiger partial charge is 0.159 e. The number of nitrogens with zero attached hydrogens (tertiary/aromatic N) is 6. The zero-order valence-corrected chi connectivity index (χ0v) is 22.6. The number of H-pyrrole nitrogens is 1. The number of imidazole rings is 1. The van der Waals surface area contributed by atoms with E-state index in [1.54, 1.807) is 19.4 Å². The second-order valence-corrected chi connectivity index (χ2v) is 10.5. The Morgan fingerprint density at radius 2 is 1.97 bits per heavy atom. The van der Waals surface area contributed by atoms with Crippen molar-refractivity contribution in [2.75, 3.05) is 76.3 Å². The zero-order valence-electron chi connectivity index (χ0n) is 21.0. The van der Waals surface area contributed by atoms with Gasteiger partial charge in [-0.3, -0.25) is 9.80 Å². The van der Waals surface area contributed by atoms with Gasteiger partial charge in [0.05, 0.1) is 35.1 Å². The Morgan fingerprint density at radius 3 is 2.68 bits per heavy atom. The number of benzene rings is 1. The van der Waals surface area contributed by atoms with Gasteiger partial charge < -0.3 is 19.9 Å². The molecule has 0 radical (unpaired) electrons. The summed E-state index contributed by atoms with van der Waals surface area (Å²) in [5.41, 5.74) is 3.57. The molecule has 0 spiro atoms. The number of anilines is 2. The average Bonchev–Trinajstić information content (AvgIpc) is 3.35. The van der Waals surface area contributed by atoms with Crippen LogP contribution in [0, 0.1) is 17.1 Å². The maximum absolute atomic E-state index is 15.2. The normalized spacial score (nSPS) is 17.8. The number of likely N-dealkylation sites (tertiary alicyclic amines) is 1. The van der Waals surface area contributed by atoms with Crippen molar-refractivity contribution < 1.29 is 9.13 Å². The number of rotatable bonds is 8. The molecular formula is C26H32BrFN8O. The quantitative estimate of drug-likeness (QED) is 0.396. The minimum Gasteiger partial charge on any atom is -0.383 e. The molecule has 2 aliphatic heterocycles. The summed E-state index contributed by atoms with van der Waals surface area (Å²) in [5, 5.41) is 12.6. The van der Waals surface area contributed by atoms with Crippen molar-refractivity contribution in [1.82, 2.24) is 24.8 Å². The molecular weight excluding hydrogens is 539 g/mol. The van der Waals surface area contributed by atoms with Crippen LogP contribution in [0.1, 0.15) is 12.8 Å². The van der Waals surface area contributed by atoms with Crippen molar-refractivity contribution in [3.8, 4) is 17.5 Å². The number of pyridine rings is 1. The first kappa shape index (κ1) is 25.9. The Bertz CT molecular complexity index is 1260. The maximum atomic E-state index is 15.2. The highest BCUT2D eigenvalue weighted by atomic mass is 79.9. The van der Waals surface area contributed by atoms with E-state index in [1.807, 2.05) is 12.1 Å². The lowest BCUT2D eigenvalue weighted by molar-refractivity contribution is 0.144. The molecule has 5 rings (SSSR count). The fourth-order valence-electron chi connectivity index (χ4n) is 5.09. The maximum Gasteiger partial charge on any atom is 0.159 e. The molecule has 0 bridgehead atoms. The summed E-state index contributed by atoms with van der Waals surface area (Å²) in [4.78, 5) is 19.2. The Balaban J connectivity index is 1.31. The summed E-state index contributed by atoms with van der Waals surface area (Å²) < 4.78 is 21.2. The summed E-state index contributed by atoms with van der Waals surface area (Å²) in [7, 11) is 1.71. The van der Waals surface area contributed by atoms with Gasteiger partial charge >= 0.3 is 0 Å². The number of hydrogen-bond acceptors (Lipinski definition) is 8. The third kappa shape index (κ3) is 5.88. The predicted molar refractivity (Wildman–Crippen MR) is 146 cm³/mol. The number of piperidine rings is 1. The van der Waals surface area contributed by atoms with Crippen LogP contribution in [-0.4, -0.2) is 96.9 Å². The van der Waals surface area contributed by atoms with Gasteiger partial charge in [0.2, 0.25) is 0 Å². The van der Waals surface area contributed by atoms with E-state index >= 15 is 4.39 Å². The Morgan fingerprint density at radius 1 is 1.19 bits per heavy atom. The topological polar surface area (TPSA) is 96.3 Å². The Hall–Kier alpha value is -2.78. The fourth-order valence-corrected chi connectivity index (χ4v) is 5.49. The number of aromatic amines is 1. The monoisotopic (exact) mass is 570 g/mol. The van der Waals surface area contributed by atoms with Gasteiger partial charge in [0, 0.05) is 70.7 Å². The van der Waals surface area contributed by atoms with Crippen molar-refractivity contribution in [3.63, 3.8) is 0 Å². The van der Waals surface area contributed by atoms with E-state index in [0.717, 1.165) is 74.3 Å². The molecule has 3 aromatic rings. The number of ether oxygens (including phenoxy) is 1. The van der Waals surface area contributed by atoms with Crippen molar-refractivity contribution in [2.24, 2.45) is 0 Å². The first-order chi connectivity index (χ1) is 18.1. The molecule has 2 aromatic heterocycles. The highest BCUT2D eigenvalue weighted by molar-refractivity contribution is 9.10. The summed E-state index contributed by atoms with van der Waals surface area (Å²) in [5.74, 6) is 0.335. The van der Waals surface area contributed by atoms with E-state index in [1.165, 1.54) is 0 Å².